The Morgan fingerprint density at radius 2 is 1.33 bits per heavy atom. The zero-order valence-electron chi connectivity index (χ0n) is 14.9. The lowest BCUT2D eigenvalue weighted by molar-refractivity contribution is 0.185. The number of methoxy groups -OCH3 is 1. The highest BCUT2D eigenvalue weighted by Crippen LogP contribution is 2.40. The third-order valence-corrected chi connectivity index (χ3v) is 5.26. The smallest absolute Gasteiger partial charge is 0.0713 e. The fourth-order valence-corrected chi connectivity index (χ4v) is 3.88. The Bertz CT molecular complexity index is 643. The molecule has 0 amide bonds. The van der Waals surface area contributed by atoms with Crippen molar-refractivity contribution in [2.45, 2.75) is 51.0 Å². The maximum Gasteiger partial charge on any atom is 0.0713 e. The molecule has 0 spiro atoms. The van der Waals surface area contributed by atoms with Crippen LogP contribution in [0.1, 0.15) is 66.7 Å². The summed E-state index contributed by atoms with van der Waals surface area (Å²) in [6.45, 7) is 2.77. The molecule has 126 valence electrons. The number of ether oxygens (including phenoxy) is 1. The van der Waals surface area contributed by atoms with Crippen LogP contribution in [0.25, 0.3) is 6.08 Å². The minimum Gasteiger partial charge on any atom is -0.380 e. The van der Waals surface area contributed by atoms with E-state index < -0.39 is 0 Å². The van der Waals surface area contributed by atoms with Gasteiger partial charge in [-0.1, -0.05) is 60.7 Å². The standard InChI is InChI=1S/C23H28O/c1-3-4-18-5-9-20(10-6-18)22-13-15-23(16-14-22)21-11-7-19(8-12-21)17-24-2/h3-12,22-23H,13-17H2,1-2H3. The second-order valence-electron chi connectivity index (χ2n) is 6.89. The number of benzene rings is 2. The molecule has 0 N–H and O–H groups in total. The molecule has 1 aliphatic rings. The molecule has 0 heterocycles. The molecule has 1 nitrogen and oxygen atoms in total. The zero-order valence-corrected chi connectivity index (χ0v) is 14.9. The van der Waals surface area contributed by atoms with Crippen LogP contribution in [0.5, 0.6) is 0 Å². The van der Waals surface area contributed by atoms with Crippen molar-refractivity contribution in [3.63, 3.8) is 0 Å². The van der Waals surface area contributed by atoms with Crippen molar-refractivity contribution in [3.8, 4) is 0 Å². The summed E-state index contributed by atoms with van der Waals surface area (Å²) in [4.78, 5) is 0. The third-order valence-electron chi connectivity index (χ3n) is 5.26. The molecule has 2 aromatic carbocycles. The van der Waals surface area contributed by atoms with E-state index in [1.54, 1.807) is 7.11 Å². The van der Waals surface area contributed by atoms with E-state index in [1.807, 2.05) is 0 Å². The average molecular weight is 320 g/mol. The lowest BCUT2D eigenvalue weighted by Gasteiger charge is -2.29. The van der Waals surface area contributed by atoms with Crippen molar-refractivity contribution < 1.29 is 4.74 Å². The van der Waals surface area contributed by atoms with E-state index >= 15 is 0 Å². The number of rotatable bonds is 5. The molecule has 1 aliphatic carbocycles. The van der Waals surface area contributed by atoms with Crippen molar-refractivity contribution >= 4 is 6.08 Å². The van der Waals surface area contributed by atoms with Crippen LogP contribution >= 0.6 is 0 Å². The van der Waals surface area contributed by atoms with E-state index in [2.05, 4.69) is 67.6 Å². The zero-order chi connectivity index (χ0) is 16.8. The van der Waals surface area contributed by atoms with Crippen LogP contribution in [0, 0.1) is 0 Å². The molecule has 3 rings (SSSR count). The van der Waals surface area contributed by atoms with Crippen molar-refractivity contribution in [2.24, 2.45) is 0 Å². The van der Waals surface area contributed by atoms with E-state index in [9.17, 15) is 0 Å². The Morgan fingerprint density at radius 1 is 0.833 bits per heavy atom. The molecule has 0 radical (unpaired) electrons. The molecule has 0 aliphatic heterocycles. The van der Waals surface area contributed by atoms with Gasteiger partial charge in [0.1, 0.15) is 0 Å². The number of allylic oxidation sites excluding steroid dienone is 1. The van der Waals surface area contributed by atoms with E-state index in [0.29, 0.717) is 6.61 Å². The first-order valence-corrected chi connectivity index (χ1v) is 9.10. The molecule has 1 fully saturated rings. The molecule has 0 bridgehead atoms. The maximum atomic E-state index is 5.20. The molecular formula is C23H28O. The highest BCUT2D eigenvalue weighted by Gasteiger charge is 2.23. The highest BCUT2D eigenvalue weighted by molar-refractivity contribution is 5.49. The summed E-state index contributed by atoms with van der Waals surface area (Å²) in [5.74, 6) is 1.45. The summed E-state index contributed by atoms with van der Waals surface area (Å²) >= 11 is 0. The van der Waals surface area contributed by atoms with Gasteiger partial charge in [0, 0.05) is 7.11 Å². The first-order valence-electron chi connectivity index (χ1n) is 9.10. The first-order chi connectivity index (χ1) is 11.8. The quantitative estimate of drug-likeness (QED) is 0.627. The topological polar surface area (TPSA) is 9.23 Å². The second kappa shape index (κ2) is 8.30. The van der Waals surface area contributed by atoms with Gasteiger partial charge in [0.2, 0.25) is 0 Å². The van der Waals surface area contributed by atoms with Gasteiger partial charge in [-0.05, 0) is 66.7 Å². The van der Waals surface area contributed by atoms with Crippen LogP contribution in [0.2, 0.25) is 0 Å². The summed E-state index contributed by atoms with van der Waals surface area (Å²) in [6.07, 6.45) is 9.45. The monoisotopic (exact) mass is 320 g/mol. The second-order valence-corrected chi connectivity index (χ2v) is 6.89. The molecule has 1 heteroatoms. The summed E-state index contributed by atoms with van der Waals surface area (Å²) < 4.78 is 5.20. The SMILES string of the molecule is CC=Cc1ccc(C2CCC(c3ccc(COC)cc3)CC2)cc1. The minimum absolute atomic E-state index is 0.705. The third kappa shape index (κ3) is 4.15. The Balaban J connectivity index is 1.58. The van der Waals surface area contributed by atoms with E-state index in [-0.39, 0.29) is 0 Å². The van der Waals surface area contributed by atoms with Gasteiger partial charge in [-0.3, -0.25) is 0 Å². The summed E-state index contributed by atoms with van der Waals surface area (Å²) in [6, 6.07) is 18.2. The van der Waals surface area contributed by atoms with Gasteiger partial charge in [0.05, 0.1) is 6.61 Å². The van der Waals surface area contributed by atoms with Gasteiger partial charge >= 0.3 is 0 Å². The molecule has 0 saturated heterocycles. The highest BCUT2D eigenvalue weighted by atomic mass is 16.5. The van der Waals surface area contributed by atoms with Gasteiger partial charge in [0.15, 0.2) is 0 Å². The minimum atomic E-state index is 0.705. The van der Waals surface area contributed by atoms with Gasteiger partial charge in [-0.2, -0.15) is 0 Å². The molecule has 1 saturated carbocycles. The fourth-order valence-electron chi connectivity index (χ4n) is 3.88. The van der Waals surface area contributed by atoms with Gasteiger partial charge in [0.25, 0.3) is 0 Å². The van der Waals surface area contributed by atoms with Crippen LogP contribution in [0.3, 0.4) is 0 Å². The van der Waals surface area contributed by atoms with Crippen molar-refractivity contribution in [2.75, 3.05) is 7.11 Å². The van der Waals surface area contributed by atoms with Gasteiger partial charge in [-0.25, -0.2) is 0 Å². The van der Waals surface area contributed by atoms with E-state index in [1.165, 1.54) is 47.9 Å². The Morgan fingerprint density at radius 3 is 1.79 bits per heavy atom. The van der Waals surface area contributed by atoms with E-state index in [4.69, 9.17) is 4.74 Å². The summed E-state index contributed by atoms with van der Waals surface area (Å²) in [5, 5.41) is 0. The average Bonchev–Trinajstić information content (AvgIpc) is 2.64. The van der Waals surface area contributed by atoms with Crippen LogP contribution in [0.15, 0.2) is 54.6 Å². The normalized spacial score (nSPS) is 21.2. The van der Waals surface area contributed by atoms with Crippen molar-refractivity contribution in [1.29, 1.82) is 0 Å². The lowest BCUT2D eigenvalue weighted by atomic mass is 9.76. The molecule has 0 unspecified atom stereocenters. The molecule has 24 heavy (non-hydrogen) atoms. The number of hydrogen-bond donors (Lipinski definition) is 0. The largest absolute Gasteiger partial charge is 0.380 e. The fraction of sp³-hybridized carbons (Fsp3) is 0.391. The Labute approximate surface area is 146 Å². The predicted octanol–water partition coefficient (Wildman–Crippen LogP) is 6.31. The van der Waals surface area contributed by atoms with Gasteiger partial charge < -0.3 is 4.74 Å². The summed E-state index contributed by atoms with van der Waals surface area (Å²) in [7, 11) is 1.75. The molecular weight excluding hydrogens is 292 g/mol. The van der Waals surface area contributed by atoms with Crippen LogP contribution in [-0.4, -0.2) is 7.11 Å². The predicted molar refractivity (Wildman–Crippen MR) is 102 cm³/mol. The Kier molecular flexibility index (Phi) is 5.87. The Hall–Kier alpha value is -1.86. The first kappa shape index (κ1) is 17.0. The van der Waals surface area contributed by atoms with Gasteiger partial charge in [-0.15, -0.1) is 0 Å². The maximum absolute atomic E-state index is 5.20. The molecule has 0 aromatic heterocycles. The van der Waals surface area contributed by atoms with Crippen LogP contribution < -0.4 is 0 Å². The lowest BCUT2D eigenvalue weighted by Crippen LogP contribution is -2.12. The van der Waals surface area contributed by atoms with Crippen molar-refractivity contribution in [3.05, 3.63) is 76.9 Å². The van der Waals surface area contributed by atoms with E-state index in [0.717, 1.165) is 11.8 Å². The van der Waals surface area contributed by atoms with Crippen molar-refractivity contribution in [1.82, 2.24) is 0 Å². The van der Waals surface area contributed by atoms with Crippen LogP contribution in [0.4, 0.5) is 0 Å². The molecule has 2 aromatic rings. The summed E-state index contributed by atoms with van der Waals surface area (Å²) in [5.41, 5.74) is 5.57. The van der Waals surface area contributed by atoms with Crippen LogP contribution in [-0.2, 0) is 11.3 Å². The molecule has 0 atom stereocenters. The number of hydrogen-bond acceptors (Lipinski definition) is 1.